The smallest absolute Gasteiger partial charge is 0.0725 e. The highest BCUT2D eigenvalue weighted by Gasteiger charge is 2.03. The Morgan fingerprint density at radius 3 is 2.68 bits per heavy atom. The molecule has 110 valence electrons. The van der Waals surface area contributed by atoms with Crippen molar-refractivity contribution in [1.82, 2.24) is 15.0 Å². The van der Waals surface area contributed by atoms with Crippen LogP contribution in [0.4, 0.5) is 0 Å². The van der Waals surface area contributed by atoms with Gasteiger partial charge in [0.15, 0.2) is 0 Å². The minimum absolute atomic E-state index is 0.849. The molecule has 0 saturated heterocycles. The van der Waals surface area contributed by atoms with Crippen molar-refractivity contribution in [1.29, 1.82) is 0 Å². The van der Waals surface area contributed by atoms with Crippen LogP contribution in [0.3, 0.4) is 0 Å². The van der Waals surface area contributed by atoms with E-state index in [0.29, 0.717) is 0 Å². The van der Waals surface area contributed by atoms with Crippen molar-refractivity contribution < 1.29 is 0 Å². The Hall–Kier alpha value is -0.510. The quantitative estimate of drug-likeness (QED) is 0.571. The Kier molecular flexibility index (Phi) is 8.97. The van der Waals surface area contributed by atoms with Gasteiger partial charge >= 0.3 is 0 Å². The fourth-order valence-corrected chi connectivity index (χ4v) is 2.65. The molecule has 1 heterocycles. The second kappa shape index (κ2) is 10.3. The van der Waals surface area contributed by atoms with Crippen LogP contribution in [0.15, 0.2) is 6.20 Å². The third kappa shape index (κ3) is 7.61. The van der Waals surface area contributed by atoms with E-state index in [2.05, 4.69) is 35.1 Å². The monoisotopic (exact) mass is 283 g/mol. The SMILES string of the molecule is CSCCCn1nncc1CCCCCCC(C)C. The van der Waals surface area contributed by atoms with Crippen molar-refractivity contribution in [3.8, 4) is 0 Å². The summed E-state index contributed by atoms with van der Waals surface area (Å²) in [6.07, 6.45) is 13.1. The maximum absolute atomic E-state index is 4.18. The van der Waals surface area contributed by atoms with Gasteiger partial charge in [-0.05, 0) is 37.2 Å². The van der Waals surface area contributed by atoms with Crippen molar-refractivity contribution in [3.05, 3.63) is 11.9 Å². The molecule has 0 atom stereocenters. The Morgan fingerprint density at radius 1 is 1.16 bits per heavy atom. The molecule has 0 fully saturated rings. The van der Waals surface area contributed by atoms with Crippen LogP contribution in [-0.2, 0) is 13.0 Å². The molecule has 3 nitrogen and oxygen atoms in total. The number of thioether (sulfide) groups is 1. The molecule has 1 aromatic rings. The first kappa shape index (κ1) is 16.5. The molecule has 0 aliphatic rings. The van der Waals surface area contributed by atoms with Gasteiger partial charge in [-0.15, -0.1) is 5.10 Å². The summed E-state index contributed by atoms with van der Waals surface area (Å²) in [5, 5.41) is 8.23. The topological polar surface area (TPSA) is 30.7 Å². The maximum atomic E-state index is 4.18. The van der Waals surface area contributed by atoms with Crippen LogP contribution in [0, 0.1) is 5.92 Å². The lowest BCUT2D eigenvalue weighted by molar-refractivity contribution is 0.511. The minimum Gasteiger partial charge on any atom is -0.249 e. The third-order valence-electron chi connectivity index (χ3n) is 3.38. The highest BCUT2D eigenvalue weighted by Crippen LogP contribution is 2.12. The van der Waals surface area contributed by atoms with Crippen molar-refractivity contribution in [2.75, 3.05) is 12.0 Å². The van der Waals surface area contributed by atoms with E-state index in [1.165, 1.54) is 50.0 Å². The molecule has 0 aromatic carbocycles. The number of rotatable bonds is 11. The molecule has 0 saturated carbocycles. The predicted molar refractivity (Wildman–Crippen MR) is 84.6 cm³/mol. The summed E-state index contributed by atoms with van der Waals surface area (Å²) in [5.41, 5.74) is 1.31. The van der Waals surface area contributed by atoms with E-state index in [1.807, 2.05) is 18.0 Å². The maximum Gasteiger partial charge on any atom is 0.0725 e. The summed E-state index contributed by atoms with van der Waals surface area (Å²) in [5.74, 6) is 2.05. The van der Waals surface area contributed by atoms with E-state index in [1.54, 1.807) is 0 Å². The van der Waals surface area contributed by atoms with Gasteiger partial charge in [0.25, 0.3) is 0 Å². The highest BCUT2D eigenvalue weighted by atomic mass is 32.2. The van der Waals surface area contributed by atoms with Crippen molar-refractivity contribution in [2.45, 2.75) is 65.3 Å². The molecule has 4 heteroatoms. The molecule has 1 aromatic heterocycles. The Labute approximate surface area is 122 Å². The summed E-state index contributed by atoms with van der Waals surface area (Å²) in [4.78, 5) is 0. The van der Waals surface area contributed by atoms with Crippen LogP contribution in [0.1, 0.15) is 58.1 Å². The summed E-state index contributed by atoms with van der Waals surface area (Å²) in [6.45, 7) is 5.63. The van der Waals surface area contributed by atoms with E-state index < -0.39 is 0 Å². The molecule has 0 unspecified atom stereocenters. The van der Waals surface area contributed by atoms with Gasteiger partial charge in [0, 0.05) is 6.54 Å². The van der Waals surface area contributed by atoms with Gasteiger partial charge in [-0.3, -0.25) is 0 Å². The average molecular weight is 283 g/mol. The van der Waals surface area contributed by atoms with E-state index in [-0.39, 0.29) is 0 Å². The van der Waals surface area contributed by atoms with E-state index in [9.17, 15) is 0 Å². The molecule has 19 heavy (non-hydrogen) atoms. The Morgan fingerprint density at radius 2 is 1.95 bits per heavy atom. The van der Waals surface area contributed by atoms with E-state index >= 15 is 0 Å². The zero-order chi connectivity index (χ0) is 13.9. The largest absolute Gasteiger partial charge is 0.249 e. The standard InChI is InChI=1S/C15H29N3S/c1-14(2)9-6-4-5-7-10-15-13-16-17-18(15)11-8-12-19-3/h13-14H,4-12H2,1-3H3. The molecule has 0 radical (unpaired) electrons. The van der Waals surface area contributed by atoms with Gasteiger partial charge in [-0.2, -0.15) is 11.8 Å². The first-order valence-corrected chi connectivity index (χ1v) is 8.99. The van der Waals surface area contributed by atoms with E-state index in [0.717, 1.165) is 18.9 Å². The van der Waals surface area contributed by atoms with Gasteiger partial charge < -0.3 is 0 Å². The van der Waals surface area contributed by atoms with Crippen LogP contribution in [0.25, 0.3) is 0 Å². The third-order valence-corrected chi connectivity index (χ3v) is 4.08. The second-order valence-corrected chi connectivity index (χ2v) is 6.63. The molecular weight excluding hydrogens is 254 g/mol. The number of hydrogen-bond acceptors (Lipinski definition) is 3. The van der Waals surface area contributed by atoms with Crippen molar-refractivity contribution >= 4 is 11.8 Å². The van der Waals surface area contributed by atoms with Gasteiger partial charge in [-0.25, -0.2) is 4.68 Å². The minimum atomic E-state index is 0.849. The lowest BCUT2D eigenvalue weighted by Gasteiger charge is -2.06. The Balaban J connectivity index is 2.13. The lowest BCUT2D eigenvalue weighted by Crippen LogP contribution is -2.06. The summed E-state index contributed by atoms with van der Waals surface area (Å²) >= 11 is 1.90. The summed E-state index contributed by atoms with van der Waals surface area (Å²) < 4.78 is 2.09. The second-order valence-electron chi connectivity index (χ2n) is 5.64. The van der Waals surface area contributed by atoms with Crippen LogP contribution >= 0.6 is 11.8 Å². The molecule has 0 N–H and O–H groups in total. The van der Waals surface area contributed by atoms with Gasteiger partial charge in [0.2, 0.25) is 0 Å². The number of unbranched alkanes of at least 4 members (excludes halogenated alkanes) is 3. The average Bonchev–Trinajstić information content (AvgIpc) is 2.81. The van der Waals surface area contributed by atoms with Gasteiger partial charge in [-0.1, -0.05) is 44.7 Å². The molecule has 0 spiro atoms. The fraction of sp³-hybridized carbons (Fsp3) is 0.867. The van der Waals surface area contributed by atoms with Crippen LogP contribution in [0.5, 0.6) is 0 Å². The van der Waals surface area contributed by atoms with Crippen molar-refractivity contribution in [3.63, 3.8) is 0 Å². The molecule has 0 amide bonds. The van der Waals surface area contributed by atoms with Gasteiger partial charge in [0.1, 0.15) is 0 Å². The van der Waals surface area contributed by atoms with Crippen LogP contribution in [0.2, 0.25) is 0 Å². The fourth-order valence-electron chi connectivity index (χ4n) is 2.23. The number of hydrogen-bond donors (Lipinski definition) is 0. The first-order chi connectivity index (χ1) is 9.24. The van der Waals surface area contributed by atoms with Crippen LogP contribution < -0.4 is 0 Å². The summed E-state index contributed by atoms with van der Waals surface area (Å²) in [6, 6.07) is 0. The lowest BCUT2D eigenvalue weighted by atomic mass is 10.0. The van der Waals surface area contributed by atoms with Crippen LogP contribution in [-0.4, -0.2) is 27.0 Å². The number of nitrogens with zero attached hydrogens (tertiary/aromatic N) is 3. The number of aryl methyl sites for hydroxylation is 2. The van der Waals surface area contributed by atoms with E-state index in [4.69, 9.17) is 0 Å². The molecule has 1 rings (SSSR count). The predicted octanol–water partition coefficient (Wildman–Crippen LogP) is 4.18. The molecule has 0 aliphatic carbocycles. The zero-order valence-corrected chi connectivity index (χ0v) is 13.6. The molecular formula is C15H29N3S. The van der Waals surface area contributed by atoms with Crippen molar-refractivity contribution in [2.24, 2.45) is 5.92 Å². The molecule has 0 bridgehead atoms. The van der Waals surface area contributed by atoms with Gasteiger partial charge in [0.05, 0.1) is 11.9 Å². The highest BCUT2D eigenvalue weighted by molar-refractivity contribution is 7.98. The normalized spacial score (nSPS) is 11.4. The Bertz CT molecular complexity index is 323. The first-order valence-electron chi connectivity index (χ1n) is 7.60. The zero-order valence-electron chi connectivity index (χ0n) is 12.8. The number of aromatic nitrogens is 3. The summed E-state index contributed by atoms with van der Waals surface area (Å²) in [7, 11) is 0. The molecule has 0 aliphatic heterocycles.